The van der Waals surface area contributed by atoms with Gasteiger partial charge in [-0.3, -0.25) is 9.69 Å². The third kappa shape index (κ3) is 3.64. The number of rotatable bonds is 5. The summed E-state index contributed by atoms with van der Waals surface area (Å²) in [6.45, 7) is 3.33. The maximum absolute atomic E-state index is 13.2. The number of benzene rings is 2. The summed E-state index contributed by atoms with van der Waals surface area (Å²) in [5.74, 6) is 3.26. The highest BCUT2D eigenvalue weighted by Gasteiger charge is 2.24. The van der Waals surface area contributed by atoms with Gasteiger partial charge in [0.15, 0.2) is 0 Å². The van der Waals surface area contributed by atoms with Gasteiger partial charge in [0.1, 0.15) is 41.1 Å². The first kappa shape index (κ1) is 19.3. The van der Waals surface area contributed by atoms with E-state index in [4.69, 9.17) is 23.0 Å². The lowest BCUT2D eigenvalue weighted by Crippen LogP contribution is -2.31. The van der Waals surface area contributed by atoms with Crippen molar-refractivity contribution in [1.29, 1.82) is 0 Å². The number of aryl methyl sites for hydroxylation is 1. The van der Waals surface area contributed by atoms with E-state index in [1.165, 1.54) is 0 Å². The molecule has 7 nitrogen and oxygen atoms in total. The van der Waals surface area contributed by atoms with Gasteiger partial charge in [0.25, 0.3) is 0 Å². The average Bonchev–Trinajstić information content (AvgIpc) is 3.30. The van der Waals surface area contributed by atoms with Crippen LogP contribution in [0.4, 0.5) is 0 Å². The molecule has 0 aliphatic carbocycles. The highest BCUT2D eigenvalue weighted by atomic mass is 16.5. The molecule has 0 saturated carbocycles. The molecule has 158 valence electrons. The molecule has 0 fully saturated rings. The predicted molar refractivity (Wildman–Crippen MR) is 114 cm³/mol. The fourth-order valence-electron chi connectivity index (χ4n) is 3.73. The number of fused-ring (bicyclic) bond motifs is 3. The summed E-state index contributed by atoms with van der Waals surface area (Å²) in [6, 6.07) is 14.4. The molecule has 1 aliphatic heterocycles. The Hall–Kier alpha value is -3.71. The minimum Gasteiger partial charge on any atom is -0.497 e. The molecule has 3 heterocycles. The molecule has 31 heavy (non-hydrogen) atoms. The van der Waals surface area contributed by atoms with Crippen LogP contribution >= 0.6 is 0 Å². The maximum Gasteiger partial charge on any atom is 0.235 e. The third-order valence-corrected chi connectivity index (χ3v) is 5.25. The number of nitrogens with zero attached hydrogens (tertiary/aromatic N) is 1. The average molecular weight is 419 g/mol. The van der Waals surface area contributed by atoms with Crippen LogP contribution in [-0.4, -0.2) is 18.7 Å². The van der Waals surface area contributed by atoms with Crippen LogP contribution in [0, 0.1) is 6.92 Å². The molecule has 0 atom stereocenters. The summed E-state index contributed by atoms with van der Waals surface area (Å²) >= 11 is 0. The zero-order valence-corrected chi connectivity index (χ0v) is 17.2. The van der Waals surface area contributed by atoms with E-state index in [0.29, 0.717) is 53.8 Å². The zero-order chi connectivity index (χ0) is 21.4. The van der Waals surface area contributed by atoms with Crippen molar-refractivity contribution in [2.24, 2.45) is 0 Å². The molecule has 4 aromatic rings. The quantitative estimate of drug-likeness (QED) is 0.458. The summed E-state index contributed by atoms with van der Waals surface area (Å²) in [5, 5.41) is 0.450. The van der Waals surface area contributed by atoms with Crippen LogP contribution in [0.3, 0.4) is 0 Å². The second-order valence-corrected chi connectivity index (χ2v) is 7.36. The molecule has 0 amide bonds. The van der Waals surface area contributed by atoms with Crippen molar-refractivity contribution in [1.82, 2.24) is 4.90 Å². The maximum atomic E-state index is 13.2. The molecule has 0 unspecified atom stereocenters. The van der Waals surface area contributed by atoms with Gasteiger partial charge in [0.05, 0.1) is 30.9 Å². The van der Waals surface area contributed by atoms with Crippen molar-refractivity contribution in [2.75, 3.05) is 13.8 Å². The van der Waals surface area contributed by atoms with Gasteiger partial charge in [0, 0.05) is 12.6 Å². The van der Waals surface area contributed by atoms with E-state index in [0.717, 1.165) is 11.3 Å². The van der Waals surface area contributed by atoms with Gasteiger partial charge in [0.2, 0.25) is 11.2 Å². The largest absolute Gasteiger partial charge is 0.497 e. The lowest BCUT2D eigenvalue weighted by atomic mass is 10.1. The first-order chi connectivity index (χ1) is 15.1. The summed E-state index contributed by atoms with van der Waals surface area (Å²) < 4.78 is 28.6. The molecule has 0 saturated heterocycles. The van der Waals surface area contributed by atoms with Gasteiger partial charge in [-0.15, -0.1) is 0 Å². The SMILES string of the molecule is COc1cccc(Oc2c(C)oc3c4c(ccc3c2=O)OCN(Cc2ccco2)C4)c1. The molecule has 5 rings (SSSR count). The van der Waals surface area contributed by atoms with Crippen molar-refractivity contribution in [3.8, 4) is 23.0 Å². The van der Waals surface area contributed by atoms with Crippen molar-refractivity contribution in [3.05, 3.63) is 82.1 Å². The molecular formula is C24H21NO6. The van der Waals surface area contributed by atoms with Gasteiger partial charge < -0.3 is 23.0 Å². The summed E-state index contributed by atoms with van der Waals surface area (Å²) in [4.78, 5) is 15.3. The van der Waals surface area contributed by atoms with E-state index in [9.17, 15) is 4.79 Å². The highest BCUT2D eigenvalue weighted by molar-refractivity contribution is 5.83. The Morgan fingerprint density at radius 2 is 1.97 bits per heavy atom. The Balaban J connectivity index is 1.52. The van der Waals surface area contributed by atoms with E-state index in [1.807, 2.05) is 24.3 Å². The van der Waals surface area contributed by atoms with Crippen molar-refractivity contribution < 1.29 is 23.0 Å². The number of hydrogen-bond acceptors (Lipinski definition) is 7. The van der Waals surface area contributed by atoms with Crippen molar-refractivity contribution >= 4 is 11.0 Å². The standard InChI is InChI=1S/C24H21NO6/c1-15-23(31-17-6-3-5-16(11-17)27-2)22(26)19-8-9-21-20(24(19)30-15)13-25(14-29-21)12-18-7-4-10-28-18/h3-11H,12-14H2,1-2H3. The first-order valence-corrected chi connectivity index (χ1v) is 9.91. The minimum atomic E-state index is -0.229. The second kappa shape index (κ2) is 7.85. The topological polar surface area (TPSA) is 74.3 Å². The number of ether oxygens (including phenoxy) is 3. The Labute approximate surface area is 178 Å². The van der Waals surface area contributed by atoms with Crippen LogP contribution in [0.5, 0.6) is 23.0 Å². The Morgan fingerprint density at radius 3 is 2.77 bits per heavy atom. The molecule has 7 heteroatoms. The van der Waals surface area contributed by atoms with E-state index < -0.39 is 0 Å². The van der Waals surface area contributed by atoms with Gasteiger partial charge in [-0.2, -0.15) is 0 Å². The van der Waals surface area contributed by atoms with Crippen LogP contribution in [0.15, 0.2) is 68.4 Å². The molecule has 2 aromatic heterocycles. The molecule has 0 radical (unpaired) electrons. The summed E-state index contributed by atoms with van der Waals surface area (Å²) in [7, 11) is 1.58. The third-order valence-electron chi connectivity index (χ3n) is 5.25. The molecule has 1 aliphatic rings. The van der Waals surface area contributed by atoms with Crippen LogP contribution < -0.4 is 19.6 Å². The van der Waals surface area contributed by atoms with Crippen molar-refractivity contribution in [3.63, 3.8) is 0 Å². The van der Waals surface area contributed by atoms with Gasteiger partial charge >= 0.3 is 0 Å². The van der Waals surface area contributed by atoms with Crippen molar-refractivity contribution in [2.45, 2.75) is 20.0 Å². The second-order valence-electron chi connectivity index (χ2n) is 7.36. The van der Waals surface area contributed by atoms with Gasteiger partial charge in [-0.1, -0.05) is 6.07 Å². The van der Waals surface area contributed by atoms with Crippen LogP contribution in [0.25, 0.3) is 11.0 Å². The fraction of sp³-hybridized carbons (Fsp3) is 0.208. The minimum absolute atomic E-state index is 0.157. The smallest absolute Gasteiger partial charge is 0.235 e. The fourth-order valence-corrected chi connectivity index (χ4v) is 3.73. The predicted octanol–water partition coefficient (Wildman–Crippen LogP) is 4.85. The molecule has 2 aromatic carbocycles. The molecule has 0 bridgehead atoms. The zero-order valence-electron chi connectivity index (χ0n) is 17.2. The molecule has 0 N–H and O–H groups in total. The summed E-state index contributed by atoms with van der Waals surface area (Å²) in [6.07, 6.45) is 1.65. The summed E-state index contributed by atoms with van der Waals surface area (Å²) in [5.41, 5.74) is 1.12. The first-order valence-electron chi connectivity index (χ1n) is 9.91. The number of hydrogen-bond donors (Lipinski definition) is 0. The van der Waals surface area contributed by atoms with Crippen LogP contribution in [0.2, 0.25) is 0 Å². The monoisotopic (exact) mass is 419 g/mol. The lowest BCUT2D eigenvalue weighted by Gasteiger charge is -2.28. The Morgan fingerprint density at radius 1 is 1.10 bits per heavy atom. The number of methoxy groups -OCH3 is 1. The van der Waals surface area contributed by atoms with Gasteiger partial charge in [-0.25, -0.2) is 0 Å². The van der Waals surface area contributed by atoms with Crippen LogP contribution in [-0.2, 0) is 13.1 Å². The Bertz CT molecular complexity index is 1290. The van der Waals surface area contributed by atoms with E-state index in [-0.39, 0.29) is 11.2 Å². The van der Waals surface area contributed by atoms with E-state index in [1.54, 1.807) is 44.6 Å². The normalized spacial score (nSPS) is 13.6. The molecular weight excluding hydrogens is 398 g/mol. The van der Waals surface area contributed by atoms with E-state index in [2.05, 4.69) is 4.90 Å². The highest BCUT2D eigenvalue weighted by Crippen LogP contribution is 2.35. The number of furan rings is 1. The molecule has 0 spiro atoms. The van der Waals surface area contributed by atoms with Crippen LogP contribution in [0.1, 0.15) is 17.1 Å². The lowest BCUT2D eigenvalue weighted by molar-refractivity contribution is 0.0826. The van der Waals surface area contributed by atoms with Gasteiger partial charge in [-0.05, 0) is 43.3 Å². The Kier molecular flexibility index (Phi) is 4.88. The van der Waals surface area contributed by atoms with E-state index >= 15 is 0 Å².